The molecule has 0 aliphatic rings. The lowest BCUT2D eigenvalue weighted by molar-refractivity contribution is 0.194. The minimum absolute atomic E-state index is 0.514. The van der Waals surface area contributed by atoms with E-state index in [1.165, 1.54) is 0 Å². The van der Waals surface area contributed by atoms with Crippen LogP contribution in [0.2, 0.25) is 0 Å². The molecule has 2 aromatic rings. The molecule has 0 fully saturated rings. The molecule has 0 aliphatic carbocycles. The largest absolute Gasteiger partial charge is 0.387 e. The van der Waals surface area contributed by atoms with Gasteiger partial charge in [-0.25, -0.2) is 0 Å². The van der Waals surface area contributed by atoms with Gasteiger partial charge >= 0.3 is 0 Å². The topological polar surface area (TPSA) is 33.1 Å². The van der Waals surface area contributed by atoms with E-state index in [1.54, 1.807) is 24.9 Å². The van der Waals surface area contributed by atoms with Gasteiger partial charge < -0.3 is 5.11 Å². The highest BCUT2D eigenvalue weighted by Crippen LogP contribution is 2.29. The molecule has 1 aromatic carbocycles. The molecular weight excluding hydrogens is 298 g/mol. The fourth-order valence-corrected chi connectivity index (χ4v) is 2.76. The summed E-state index contributed by atoms with van der Waals surface area (Å²) in [5.41, 5.74) is 0.698. The van der Waals surface area contributed by atoms with Crippen molar-refractivity contribution >= 4 is 27.7 Å². The van der Waals surface area contributed by atoms with Gasteiger partial charge in [0.25, 0.3) is 0 Å². The van der Waals surface area contributed by atoms with Crippen molar-refractivity contribution in [2.45, 2.75) is 22.8 Å². The second-order valence-corrected chi connectivity index (χ2v) is 5.72. The van der Waals surface area contributed by atoms with E-state index in [2.05, 4.69) is 33.0 Å². The minimum atomic E-state index is -0.514. The zero-order chi connectivity index (χ0) is 12.3. The molecule has 2 rings (SSSR count). The van der Waals surface area contributed by atoms with Crippen LogP contribution in [0.15, 0.2) is 56.9 Å². The maximum Gasteiger partial charge on any atom is 0.0931 e. The summed E-state index contributed by atoms with van der Waals surface area (Å²) in [6.07, 6.45) is 1.27. The van der Waals surface area contributed by atoms with Gasteiger partial charge in [0.15, 0.2) is 0 Å². The third-order valence-electron chi connectivity index (χ3n) is 2.22. The molecule has 4 heteroatoms. The van der Waals surface area contributed by atoms with Crippen LogP contribution in [0.4, 0.5) is 0 Å². The lowest BCUT2D eigenvalue weighted by Crippen LogP contribution is -1.94. The summed E-state index contributed by atoms with van der Waals surface area (Å²) in [7, 11) is 0. The zero-order valence-corrected chi connectivity index (χ0v) is 11.7. The van der Waals surface area contributed by atoms with Crippen molar-refractivity contribution in [2.24, 2.45) is 0 Å². The van der Waals surface area contributed by atoms with E-state index < -0.39 is 6.10 Å². The molecule has 0 aliphatic heterocycles. The van der Waals surface area contributed by atoms with Gasteiger partial charge in [-0.05, 0) is 37.3 Å². The zero-order valence-electron chi connectivity index (χ0n) is 9.30. The molecule has 88 valence electrons. The van der Waals surface area contributed by atoms with Crippen LogP contribution in [0.1, 0.15) is 18.7 Å². The fourth-order valence-electron chi connectivity index (χ4n) is 1.37. The standard InChI is InChI=1S/C13H12BrNOS/c1-9(16)13-6-5-12(8-15-13)17-11-4-2-3-10(14)7-11/h2-9,16H,1H3/t9-/m1/s1. The van der Waals surface area contributed by atoms with Crippen molar-refractivity contribution in [2.75, 3.05) is 0 Å². The first-order chi connectivity index (χ1) is 8.15. The molecule has 0 unspecified atom stereocenters. The molecule has 1 atom stereocenters. The molecule has 0 radical (unpaired) electrons. The van der Waals surface area contributed by atoms with Crippen molar-refractivity contribution in [1.29, 1.82) is 0 Å². The van der Waals surface area contributed by atoms with Gasteiger partial charge in [0, 0.05) is 20.5 Å². The quantitative estimate of drug-likeness (QED) is 0.928. The van der Waals surface area contributed by atoms with E-state index in [-0.39, 0.29) is 0 Å². The van der Waals surface area contributed by atoms with Gasteiger partial charge in [0.2, 0.25) is 0 Å². The molecule has 0 bridgehead atoms. The van der Waals surface area contributed by atoms with Gasteiger partial charge in [-0.2, -0.15) is 0 Å². The van der Waals surface area contributed by atoms with E-state index in [1.807, 2.05) is 24.3 Å². The third kappa shape index (κ3) is 3.56. The monoisotopic (exact) mass is 309 g/mol. The predicted octanol–water partition coefficient (Wildman–Crippen LogP) is 4.05. The van der Waals surface area contributed by atoms with Gasteiger partial charge in [0.1, 0.15) is 0 Å². The number of aromatic nitrogens is 1. The molecule has 1 N–H and O–H groups in total. The van der Waals surface area contributed by atoms with Crippen LogP contribution in [-0.4, -0.2) is 10.1 Å². The van der Waals surface area contributed by atoms with Gasteiger partial charge in [-0.3, -0.25) is 4.98 Å². The van der Waals surface area contributed by atoms with Crippen LogP contribution in [0.25, 0.3) is 0 Å². The Bertz CT molecular complexity index is 499. The average Bonchev–Trinajstić information content (AvgIpc) is 2.29. The second kappa shape index (κ2) is 5.67. The SMILES string of the molecule is C[C@@H](O)c1ccc(Sc2cccc(Br)c2)cn1. The highest BCUT2D eigenvalue weighted by Gasteiger charge is 2.03. The number of aliphatic hydroxyl groups excluding tert-OH is 1. The number of nitrogens with zero attached hydrogens (tertiary/aromatic N) is 1. The maximum atomic E-state index is 9.37. The summed E-state index contributed by atoms with van der Waals surface area (Å²) in [5.74, 6) is 0. The van der Waals surface area contributed by atoms with Crippen LogP contribution in [0.3, 0.4) is 0 Å². The summed E-state index contributed by atoms with van der Waals surface area (Å²) in [5, 5.41) is 9.37. The van der Waals surface area contributed by atoms with Crippen LogP contribution in [-0.2, 0) is 0 Å². The number of halogens is 1. The van der Waals surface area contributed by atoms with E-state index in [0.717, 1.165) is 14.3 Å². The summed E-state index contributed by atoms with van der Waals surface area (Å²) >= 11 is 5.09. The molecule has 0 saturated heterocycles. The lowest BCUT2D eigenvalue weighted by atomic mass is 10.2. The highest BCUT2D eigenvalue weighted by molar-refractivity contribution is 9.10. The van der Waals surface area contributed by atoms with Gasteiger partial charge in [0.05, 0.1) is 11.8 Å². The fraction of sp³-hybridized carbons (Fsp3) is 0.154. The van der Waals surface area contributed by atoms with Crippen LogP contribution < -0.4 is 0 Å². The number of rotatable bonds is 3. The Kier molecular flexibility index (Phi) is 4.20. The molecule has 1 aromatic heterocycles. The minimum Gasteiger partial charge on any atom is -0.387 e. The summed E-state index contributed by atoms with van der Waals surface area (Å²) in [6.45, 7) is 1.71. The number of hydrogen-bond acceptors (Lipinski definition) is 3. The number of pyridine rings is 1. The third-order valence-corrected chi connectivity index (χ3v) is 3.68. The molecule has 2 nitrogen and oxygen atoms in total. The van der Waals surface area contributed by atoms with E-state index in [0.29, 0.717) is 5.69 Å². The van der Waals surface area contributed by atoms with Crippen LogP contribution >= 0.6 is 27.7 Å². The van der Waals surface area contributed by atoms with Crippen molar-refractivity contribution in [3.05, 3.63) is 52.8 Å². The van der Waals surface area contributed by atoms with Crippen molar-refractivity contribution in [3.63, 3.8) is 0 Å². The smallest absolute Gasteiger partial charge is 0.0931 e. The molecule has 0 saturated carbocycles. The lowest BCUT2D eigenvalue weighted by Gasteiger charge is -2.05. The van der Waals surface area contributed by atoms with E-state index in [9.17, 15) is 5.11 Å². The Labute approximate surface area is 113 Å². The Morgan fingerprint density at radius 1 is 1.24 bits per heavy atom. The summed E-state index contributed by atoms with van der Waals surface area (Å²) in [6, 6.07) is 11.9. The molecular formula is C13H12BrNOS. The number of hydrogen-bond donors (Lipinski definition) is 1. The van der Waals surface area contributed by atoms with Crippen molar-refractivity contribution in [1.82, 2.24) is 4.98 Å². The first kappa shape index (κ1) is 12.6. The first-order valence-electron chi connectivity index (χ1n) is 5.22. The molecule has 1 heterocycles. The Balaban J connectivity index is 2.14. The average molecular weight is 310 g/mol. The Morgan fingerprint density at radius 3 is 2.65 bits per heavy atom. The molecule has 0 spiro atoms. The van der Waals surface area contributed by atoms with Crippen molar-refractivity contribution in [3.8, 4) is 0 Å². The van der Waals surface area contributed by atoms with Crippen molar-refractivity contribution < 1.29 is 5.11 Å². The van der Waals surface area contributed by atoms with Gasteiger partial charge in [-0.1, -0.05) is 33.8 Å². The van der Waals surface area contributed by atoms with Gasteiger partial charge in [-0.15, -0.1) is 0 Å². The predicted molar refractivity (Wildman–Crippen MR) is 73.1 cm³/mol. The van der Waals surface area contributed by atoms with E-state index >= 15 is 0 Å². The highest BCUT2D eigenvalue weighted by atomic mass is 79.9. The van der Waals surface area contributed by atoms with Crippen LogP contribution in [0.5, 0.6) is 0 Å². The second-order valence-electron chi connectivity index (χ2n) is 3.65. The Hall–Kier alpha value is -0.840. The molecule has 0 amide bonds. The Morgan fingerprint density at radius 2 is 2.06 bits per heavy atom. The normalized spacial score (nSPS) is 12.4. The maximum absolute atomic E-state index is 9.37. The summed E-state index contributed by atoms with van der Waals surface area (Å²) < 4.78 is 1.07. The first-order valence-corrected chi connectivity index (χ1v) is 6.83. The van der Waals surface area contributed by atoms with E-state index in [4.69, 9.17) is 0 Å². The summed E-state index contributed by atoms with van der Waals surface area (Å²) in [4.78, 5) is 6.44. The number of benzene rings is 1. The number of aliphatic hydroxyl groups is 1. The molecule has 17 heavy (non-hydrogen) atoms. The van der Waals surface area contributed by atoms with Crippen LogP contribution in [0, 0.1) is 0 Å².